The number of alkyl halides is 5. The second-order valence-electron chi connectivity index (χ2n) is 11.5. The summed E-state index contributed by atoms with van der Waals surface area (Å²) in [4.78, 5) is 36.3. The molecule has 0 bridgehead atoms. The summed E-state index contributed by atoms with van der Waals surface area (Å²) in [6, 6.07) is 10.3. The lowest BCUT2D eigenvalue weighted by Crippen LogP contribution is -2.37. The van der Waals surface area contributed by atoms with E-state index in [2.05, 4.69) is 25.4 Å². The summed E-state index contributed by atoms with van der Waals surface area (Å²) in [7, 11) is 0. The molecule has 0 unspecified atom stereocenters. The van der Waals surface area contributed by atoms with E-state index < -0.39 is 41.9 Å². The molecule has 1 amide bonds. The number of aromatic nitrogens is 5. The number of carbonyl (C=O) groups excluding carboxylic acids is 1. The van der Waals surface area contributed by atoms with Gasteiger partial charge in [-0.15, -0.1) is 0 Å². The molecule has 3 heterocycles. The highest BCUT2D eigenvalue weighted by molar-refractivity contribution is 5.90. The number of hydrogen-bond donors (Lipinski definition) is 3. The Morgan fingerprint density at radius 2 is 1.77 bits per heavy atom. The summed E-state index contributed by atoms with van der Waals surface area (Å²) in [5.74, 6) is -6.07. The number of nitrogen functional groups attached to an aromatic ring is 1. The Balaban J connectivity index is 1.79. The zero-order valence-electron chi connectivity index (χ0n) is 24.2. The van der Waals surface area contributed by atoms with E-state index in [0.29, 0.717) is 12.0 Å². The molecule has 0 aliphatic heterocycles. The maximum atomic E-state index is 13.7. The van der Waals surface area contributed by atoms with E-state index in [-0.39, 0.29) is 40.6 Å². The maximum absolute atomic E-state index is 13.7. The minimum Gasteiger partial charge on any atom is -0.481 e. The van der Waals surface area contributed by atoms with E-state index in [1.807, 2.05) is 26.0 Å². The van der Waals surface area contributed by atoms with Gasteiger partial charge in [-0.1, -0.05) is 38.1 Å². The highest BCUT2D eigenvalue weighted by Gasteiger charge is 2.56. The van der Waals surface area contributed by atoms with Crippen molar-refractivity contribution in [1.82, 2.24) is 24.7 Å². The molecule has 0 aliphatic rings. The number of nitrogens with one attached hydrogen (secondary N) is 1. The Morgan fingerprint density at radius 3 is 2.41 bits per heavy atom. The van der Waals surface area contributed by atoms with Gasteiger partial charge < -0.3 is 16.2 Å². The van der Waals surface area contributed by atoms with Gasteiger partial charge in [-0.2, -0.15) is 27.1 Å². The third-order valence-corrected chi connectivity index (χ3v) is 7.40. The smallest absolute Gasteiger partial charge is 0.453 e. The molecule has 0 saturated heterocycles. The lowest BCUT2D eigenvalue weighted by atomic mass is 9.76. The second-order valence-corrected chi connectivity index (χ2v) is 11.5. The SMILES string of the molecule is CC(C)(Cc1cccc(C(C)(C)c2c(N)nc(-c3nn(CCC(F)(F)C(F)(F)F)c4ncccc34)nc2NC=O)c1)C(=O)O. The molecule has 0 radical (unpaired) electrons. The highest BCUT2D eigenvalue weighted by Crippen LogP contribution is 2.41. The minimum absolute atomic E-state index is 0.00586. The van der Waals surface area contributed by atoms with Gasteiger partial charge in [0.2, 0.25) is 6.41 Å². The summed E-state index contributed by atoms with van der Waals surface area (Å²) in [5, 5.41) is 16.6. The van der Waals surface area contributed by atoms with E-state index >= 15 is 0 Å². The fraction of sp³-hybridized carbons (Fsp3) is 0.379. The number of amides is 1. The van der Waals surface area contributed by atoms with Gasteiger partial charge in [-0.05, 0) is 43.5 Å². The van der Waals surface area contributed by atoms with E-state index in [9.17, 15) is 36.6 Å². The van der Waals surface area contributed by atoms with Crippen LogP contribution in [0.2, 0.25) is 0 Å². The Kier molecular flexibility index (Phi) is 8.37. The summed E-state index contributed by atoms with van der Waals surface area (Å²) >= 11 is 0. The Morgan fingerprint density at radius 1 is 1.07 bits per heavy atom. The third-order valence-electron chi connectivity index (χ3n) is 7.40. The molecule has 10 nitrogen and oxygen atoms in total. The van der Waals surface area contributed by atoms with Crippen LogP contribution in [0.4, 0.5) is 33.6 Å². The molecular formula is C29H30F5N7O3. The van der Waals surface area contributed by atoms with Crippen molar-refractivity contribution in [1.29, 1.82) is 0 Å². The minimum atomic E-state index is -5.73. The van der Waals surface area contributed by atoms with Gasteiger partial charge in [-0.25, -0.2) is 19.6 Å². The molecule has 0 spiro atoms. The number of aliphatic carboxylic acids is 1. The molecule has 4 rings (SSSR count). The number of nitrogens with two attached hydrogens (primary N) is 1. The van der Waals surface area contributed by atoms with Crippen LogP contribution in [0, 0.1) is 5.41 Å². The quantitative estimate of drug-likeness (QED) is 0.145. The number of hydrogen-bond acceptors (Lipinski definition) is 7. The number of fused-ring (bicyclic) bond motifs is 1. The number of halogens is 5. The van der Waals surface area contributed by atoms with Gasteiger partial charge in [0.15, 0.2) is 11.5 Å². The van der Waals surface area contributed by atoms with Crippen LogP contribution in [0.3, 0.4) is 0 Å². The predicted molar refractivity (Wildman–Crippen MR) is 152 cm³/mol. The van der Waals surface area contributed by atoms with Crippen molar-refractivity contribution >= 4 is 35.0 Å². The molecule has 15 heteroatoms. The molecule has 1 aromatic carbocycles. The lowest BCUT2D eigenvalue weighted by molar-refractivity contribution is -0.285. The second kappa shape index (κ2) is 11.4. The predicted octanol–water partition coefficient (Wildman–Crippen LogP) is 5.61. The topological polar surface area (TPSA) is 149 Å². The maximum Gasteiger partial charge on any atom is 0.453 e. The van der Waals surface area contributed by atoms with Crippen LogP contribution in [-0.4, -0.2) is 54.3 Å². The molecule has 0 saturated carbocycles. The van der Waals surface area contributed by atoms with E-state index in [1.54, 1.807) is 26.0 Å². The van der Waals surface area contributed by atoms with Crippen LogP contribution >= 0.6 is 0 Å². The first kappa shape index (κ1) is 32.2. The van der Waals surface area contributed by atoms with Crippen molar-refractivity contribution in [2.45, 2.75) is 64.6 Å². The Labute approximate surface area is 248 Å². The summed E-state index contributed by atoms with van der Waals surface area (Å²) in [6.45, 7) is 6.05. The number of carboxylic acids is 1. The number of rotatable bonds is 11. The Hall–Kier alpha value is -4.69. The van der Waals surface area contributed by atoms with E-state index in [4.69, 9.17) is 5.73 Å². The molecule has 234 valence electrons. The number of anilines is 2. The van der Waals surface area contributed by atoms with Crippen molar-refractivity contribution in [3.05, 3.63) is 59.3 Å². The van der Waals surface area contributed by atoms with Crippen molar-refractivity contribution in [2.24, 2.45) is 5.41 Å². The molecule has 4 aromatic rings. The van der Waals surface area contributed by atoms with Gasteiger partial charge in [0.05, 0.1) is 10.8 Å². The van der Waals surface area contributed by atoms with Crippen molar-refractivity contribution in [3.63, 3.8) is 0 Å². The van der Waals surface area contributed by atoms with Crippen LogP contribution < -0.4 is 11.1 Å². The normalized spacial score (nSPS) is 12.8. The van der Waals surface area contributed by atoms with Crippen LogP contribution in [0.1, 0.15) is 50.8 Å². The molecule has 3 aromatic heterocycles. The number of benzene rings is 1. The fourth-order valence-electron chi connectivity index (χ4n) is 4.88. The first-order chi connectivity index (χ1) is 20.4. The van der Waals surface area contributed by atoms with Crippen LogP contribution in [0.5, 0.6) is 0 Å². The summed E-state index contributed by atoms with van der Waals surface area (Å²) in [5.41, 5.74) is 6.33. The average molecular weight is 620 g/mol. The highest BCUT2D eigenvalue weighted by atomic mass is 19.4. The number of carboxylic acid groups (broad SMARTS) is 1. The average Bonchev–Trinajstić information content (AvgIpc) is 3.30. The van der Waals surface area contributed by atoms with E-state index in [1.165, 1.54) is 18.3 Å². The summed E-state index contributed by atoms with van der Waals surface area (Å²) < 4.78 is 66.6. The van der Waals surface area contributed by atoms with Gasteiger partial charge in [0.1, 0.15) is 17.3 Å². The van der Waals surface area contributed by atoms with Gasteiger partial charge in [0.25, 0.3) is 0 Å². The fourth-order valence-corrected chi connectivity index (χ4v) is 4.88. The molecule has 4 N–H and O–H groups in total. The Bertz CT molecular complexity index is 1720. The first-order valence-electron chi connectivity index (χ1n) is 13.4. The molecule has 0 fully saturated rings. The van der Waals surface area contributed by atoms with Crippen LogP contribution in [-0.2, 0) is 28.0 Å². The van der Waals surface area contributed by atoms with Gasteiger partial charge in [-0.3, -0.25) is 9.59 Å². The molecule has 44 heavy (non-hydrogen) atoms. The number of aryl methyl sites for hydroxylation is 1. The molecule has 0 aliphatic carbocycles. The number of nitrogens with zero attached hydrogens (tertiary/aromatic N) is 5. The zero-order chi connectivity index (χ0) is 32.7. The van der Waals surface area contributed by atoms with Crippen molar-refractivity contribution < 1.29 is 36.6 Å². The largest absolute Gasteiger partial charge is 0.481 e. The molecular weight excluding hydrogens is 589 g/mol. The number of pyridine rings is 1. The van der Waals surface area contributed by atoms with Crippen molar-refractivity contribution in [2.75, 3.05) is 11.1 Å². The van der Waals surface area contributed by atoms with Crippen LogP contribution in [0.15, 0.2) is 42.6 Å². The molecule has 0 atom stereocenters. The lowest BCUT2D eigenvalue weighted by Gasteiger charge is -2.29. The van der Waals surface area contributed by atoms with Gasteiger partial charge >= 0.3 is 18.1 Å². The summed E-state index contributed by atoms with van der Waals surface area (Å²) in [6.07, 6.45) is -5.34. The standard InChI is InChI=1S/C29H30F5N7O3/c1-26(2,25(43)44)14-16-7-5-8-17(13-16)27(3,4)19-21(35)38-23(39-22(19)37-15-42)20-18-9-6-11-36-24(18)41(40-20)12-10-28(30,31)29(32,33)34/h5-9,11,13,15H,10,12,14H2,1-4H3,(H,43,44)(H3,35,37,38,39,42). The zero-order valence-corrected chi connectivity index (χ0v) is 24.2. The monoisotopic (exact) mass is 619 g/mol. The van der Waals surface area contributed by atoms with Crippen LogP contribution in [0.25, 0.3) is 22.6 Å². The third kappa shape index (κ3) is 6.17. The number of carbonyl (C=O) groups is 2. The van der Waals surface area contributed by atoms with E-state index in [0.717, 1.165) is 15.8 Å². The van der Waals surface area contributed by atoms with Gasteiger partial charge in [0, 0.05) is 30.1 Å². The first-order valence-corrected chi connectivity index (χ1v) is 13.4. The van der Waals surface area contributed by atoms with Crippen molar-refractivity contribution in [3.8, 4) is 11.5 Å².